The van der Waals surface area contributed by atoms with Gasteiger partial charge in [-0.05, 0) is 16.7 Å². The fourth-order valence-electron chi connectivity index (χ4n) is 1.73. The summed E-state index contributed by atoms with van der Waals surface area (Å²) in [6.07, 6.45) is 0. The Morgan fingerprint density at radius 2 is 2.42 bits per heavy atom. The third-order valence-corrected chi connectivity index (χ3v) is 3.35. The zero-order chi connectivity index (χ0) is 13.2. The Morgan fingerprint density at radius 3 is 3.11 bits per heavy atom. The van der Waals surface area contributed by atoms with Crippen LogP contribution in [0.15, 0.2) is 16.8 Å². The predicted molar refractivity (Wildman–Crippen MR) is 66.2 cm³/mol. The number of carbonyl (C=O) groups excluding carboxylic acids is 2. The standard InChI is InChI=1S/C10H10N6O2S/c17-8(15-3-2-11-10(15)18)5-16-13-9(12-14-16)7-1-4-19-6-7/h1,4,6H,2-3,5H2,(H,11,18). The SMILES string of the molecule is O=C(Cn1nnc(-c2ccsc2)n1)N1CCNC1=O. The first-order valence-corrected chi connectivity index (χ1v) is 6.57. The Morgan fingerprint density at radius 1 is 1.53 bits per heavy atom. The van der Waals surface area contributed by atoms with E-state index in [-0.39, 0.29) is 18.5 Å². The van der Waals surface area contributed by atoms with Crippen molar-refractivity contribution in [1.29, 1.82) is 0 Å². The second-order valence-corrected chi connectivity index (χ2v) is 4.71. The number of aromatic nitrogens is 4. The van der Waals surface area contributed by atoms with Gasteiger partial charge in [-0.15, -0.1) is 10.2 Å². The molecule has 0 unspecified atom stereocenters. The maximum absolute atomic E-state index is 11.9. The van der Waals surface area contributed by atoms with Crippen molar-refractivity contribution in [1.82, 2.24) is 30.4 Å². The number of carbonyl (C=O) groups is 2. The molecular weight excluding hydrogens is 268 g/mol. The normalized spacial score (nSPS) is 14.7. The maximum atomic E-state index is 11.9. The Kier molecular flexibility index (Phi) is 2.95. The van der Waals surface area contributed by atoms with Gasteiger partial charge in [-0.25, -0.2) is 4.79 Å². The van der Waals surface area contributed by atoms with Gasteiger partial charge in [0, 0.05) is 24.0 Å². The zero-order valence-corrected chi connectivity index (χ0v) is 10.6. The molecule has 0 radical (unpaired) electrons. The van der Waals surface area contributed by atoms with Crippen LogP contribution in [0.25, 0.3) is 11.4 Å². The lowest BCUT2D eigenvalue weighted by Crippen LogP contribution is -2.37. The van der Waals surface area contributed by atoms with Gasteiger partial charge in [-0.3, -0.25) is 9.69 Å². The molecule has 0 aromatic carbocycles. The number of urea groups is 1. The van der Waals surface area contributed by atoms with Gasteiger partial charge >= 0.3 is 6.03 Å². The summed E-state index contributed by atoms with van der Waals surface area (Å²) in [7, 11) is 0. The molecule has 98 valence electrons. The van der Waals surface area contributed by atoms with Gasteiger partial charge in [-0.1, -0.05) is 0 Å². The topological polar surface area (TPSA) is 93.0 Å². The molecule has 2 aromatic rings. The number of tetrazole rings is 1. The van der Waals surface area contributed by atoms with E-state index in [0.29, 0.717) is 18.9 Å². The summed E-state index contributed by atoms with van der Waals surface area (Å²) in [5, 5.41) is 18.2. The fraction of sp³-hybridized carbons (Fsp3) is 0.300. The fourth-order valence-corrected chi connectivity index (χ4v) is 2.37. The van der Waals surface area contributed by atoms with E-state index in [4.69, 9.17) is 0 Å². The first-order chi connectivity index (χ1) is 9.24. The molecule has 0 atom stereocenters. The Labute approximate surface area is 112 Å². The summed E-state index contributed by atoms with van der Waals surface area (Å²) >= 11 is 1.53. The number of nitrogens with one attached hydrogen (secondary N) is 1. The molecule has 0 saturated carbocycles. The Bertz CT molecular complexity index is 607. The lowest BCUT2D eigenvalue weighted by molar-refractivity contribution is -0.128. The van der Waals surface area contributed by atoms with Gasteiger partial charge < -0.3 is 5.32 Å². The first-order valence-electron chi connectivity index (χ1n) is 5.62. The van der Waals surface area contributed by atoms with Gasteiger partial charge in [0.1, 0.15) is 6.54 Å². The molecule has 0 bridgehead atoms. The summed E-state index contributed by atoms with van der Waals surface area (Å²) in [6.45, 7) is 0.768. The molecule has 3 amide bonds. The molecule has 1 fully saturated rings. The van der Waals surface area contributed by atoms with E-state index >= 15 is 0 Å². The summed E-state index contributed by atoms with van der Waals surface area (Å²) in [5.74, 6) is 0.129. The molecule has 1 saturated heterocycles. The number of rotatable bonds is 3. The molecule has 1 N–H and O–H groups in total. The number of amides is 3. The van der Waals surface area contributed by atoms with Crippen LogP contribution < -0.4 is 5.32 Å². The van der Waals surface area contributed by atoms with E-state index in [1.807, 2.05) is 16.8 Å². The van der Waals surface area contributed by atoms with Gasteiger partial charge in [0.2, 0.25) is 5.82 Å². The lowest BCUT2D eigenvalue weighted by Gasteiger charge is -2.10. The van der Waals surface area contributed by atoms with E-state index in [9.17, 15) is 9.59 Å². The third-order valence-electron chi connectivity index (χ3n) is 2.67. The second kappa shape index (κ2) is 4.76. The van der Waals surface area contributed by atoms with Gasteiger partial charge in [0.15, 0.2) is 0 Å². The highest BCUT2D eigenvalue weighted by Crippen LogP contribution is 2.16. The van der Waals surface area contributed by atoms with E-state index in [1.165, 1.54) is 16.1 Å². The summed E-state index contributed by atoms with van der Waals surface area (Å²) < 4.78 is 0. The number of hydrogen-bond acceptors (Lipinski definition) is 6. The van der Waals surface area contributed by atoms with Crippen LogP contribution in [0.3, 0.4) is 0 Å². The number of thiophene rings is 1. The highest BCUT2D eigenvalue weighted by Gasteiger charge is 2.26. The van der Waals surface area contributed by atoms with Crippen LogP contribution in [0, 0.1) is 0 Å². The number of imide groups is 1. The molecule has 3 rings (SSSR count). The minimum atomic E-state index is -0.372. The monoisotopic (exact) mass is 278 g/mol. The minimum Gasteiger partial charge on any atom is -0.336 e. The summed E-state index contributed by atoms with van der Waals surface area (Å²) in [4.78, 5) is 25.5. The third kappa shape index (κ3) is 2.32. The molecule has 3 heterocycles. The average molecular weight is 278 g/mol. The smallest absolute Gasteiger partial charge is 0.324 e. The van der Waals surface area contributed by atoms with Gasteiger partial charge in [0.25, 0.3) is 5.91 Å². The van der Waals surface area contributed by atoms with Crippen molar-refractivity contribution in [3.05, 3.63) is 16.8 Å². The van der Waals surface area contributed by atoms with Crippen molar-refractivity contribution in [3.63, 3.8) is 0 Å². The van der Waals surface area contributed by atoms with Crippen LogP contribution in [-0.4, -0.2) is 50.1 Å². The molecule has 2 aromatic heterocycles. The van der Waals surface area contributed by atoms with E-state index in [1.54, 1.807) is 0 Å². The summed E-state index contributed by atoms with van der Waals surface area (Å²) in [5.41, 5.74) is 0.864. The van der Waals surface area contributed by atoms with Crippen molar-refractivity contribution in [2.75, 3.05) is 13.1 Å². The van der Waals surface area contributed by atoms with Crippen LogP contribution in [0.5, 0.6) is 0 Å². The van der Waals surface area contributed by atoms with Crippen molar-refractivity contribution < 1.29 is 9.59 Å². The molecule has 0 aliphatic carbocycles. The predicted octanol–water partition coefficient (Wildman–Crippen LogP) is -0.0466. The second-order valence-electron chi connectivity index (χ2n) is 3.93. The molecular formula is C10H10N6O2S. The van der Waals surface area contributed by atoms with Crippen LogP contribution in [0.2, 0.25) is 0 Å². The lowest BCUT2D eigenvalue weighted by atomic mass is 10.3. The Balaban J connectivity index is 1.70. The quantitative estimate of drug-likeness (QED) is 0.850. The van der Waals surface area contributed by atoms with E-state index < -0.39 is 0 Å². The minimum absolute atomic E-state index is 0.0927. The molecule has 0 spiro atoms. The highest BCUT2D eigenvalue weighted by molar-refractivity contribution is 7.08. The van der Waals surface area contributed by atoms with Gasteiger partial charge in [0.05, 0.1) is 0 Å². The van der Waals surface area contributed by atoms with Crippen LogP contribution in [-0.2, 0) is 11.3 Å². The molecule has 1 aliphatic rings. The average Bonchev–Trinajstić information content (AvgIpc) is 3.07. The molecule has 19 heavy (non-hydrogen) atoms. The van der Waals surface area contributed by atoms with E-state index in [0.717, 1.165) is 10.5 Å². The maximum Gasteiger partial charge on any atom is 0.324 e. The van der Waals surface area contributed by atoms with Crippen molar-refractivity contribution >= 4 is 23.3 Å². The highest BCUT2D eigenvalue weighted by atomic mass is 32.1. The number of nitrogens with zero attached hydrogens (tertiary/aromatic N) is 5. The first kappa shape index (κ1) is 11.8. The van der Waals surface area contributed by atoms with E-state index in [2.05, 4.69) is 20.7 Å². The van der Waals surface area contributed by atoms with Gasteiger partial charge in [-0.2, -0.15) is 16.1 Å². The van der Waals surface area contributed by atoms with Crippen molar-refractivity contribution in [2.45, 2.75) is 6.54 Å². The molecule has 1 aliphatic heterocycles. The molecule has 9 heteroatoms. The number of hydrogen-bond donors (Lipinski definition) is 1. The van der Waals surface area contributed by atoms with Crippen LogP contribution >= 0.6 is 11.3 Å². The zero-order valence-electron chi connectivity index (χ0n) is 9.81. The molecule has 8 nitrogen and oxygen atoms in total. The van der Waals surface area contributed by atoms with Crippen molar-refractivity contribution in [3.8, 4) is 11.4 Å². The van der Waals surface area contributed by atoms with Crippen LogP contribution in [0.4, 0.5) is 4.79 Å². The van der Waals surface area contributed by atoms with Crippen LogP contribution in [0.1, 0.15) is 0 Å². The van der Waals surface area contributed by atoms with Crippen molar-refractivity contribution in [2.24, 2.45) is 0 Å². The summed E-state index contributed by atoms with van der Waals surface area (Å²) in [6, 6.07) is 1.50. The largest absolute Gasteiger partial charge is 0.336 e. The Hall–Kier alpha value is -2.29.